The lowest BCUT2D eigenvalue weighted by molar-refractivity contribution is -0.146. The number of allylic oxidation sites excluding steroid dienone is 1. The van der Waals surface area contributed by atoms with Crippen LogP contribution in [-0.4, -0.2) is 30.1 Å². The molecule has 2 atom stereocenters. The van der Waals surface area contributed by atoms with E-state index < -0.39 is 35.8 Å². The Morgan fingerprint density at radius 1 is 1.33 bits per heavy atom. The Morgan fingerprint density at radius 3 is 2.38 bits per heavy atom. The maximum atomic E-state index is 12.5. The molecule has 0 heterocycles. The van der Waals surface area contributed by atoms with E-state index in [0.717, 1.165) is 31.4 Å². The summed E-state index contributed by atoms with van der Waals surface area (Å²) in [4.78, 5) is 23.6. The van der Waals surface area contributed by atoms with Crippen molar-refractivity contribution in [3.8, 4) is 0 Å². The number of nitrogens with one attached hydrogen (secondary N) is 1. The van der Waals surface area contributed by atoms with E-state index in [1.54, 1.807) is 6.08 Å². The lowest BCUT2D eigenvalue weighted by Gasteiger charge is -2.18. The van der Waals surface area contributed by atoms with Gasteiger partial charge in [-0.2, -0.15) is 13.2 Å². The molecule has 1 amide bonds. The second-order valence-corrected chi connectivity index (χ2v) is 4.97. The predicted octanol–water partition coefficient (Wildman–Crippen LogP) is 2.36. The van der Waals surface area contributed by atoms with E-state index in [9.17, 15) is 27.9 Å². The number of methoxy groups -OCH3 is 1. The molecule has 1 aromatic rings. The van der Waals surface area contributed by atoms with Crippen molar-refractivity contribution >= 4 is 11.9 Å². The number of halogens is 3. The van der Waals surface area contributed by atoms with E-state index in [1.807, 2.05) is 0 Å². The summed E-state index contributed by atoms with van der Waals surface area (Å²) >= 11 is 0. The Labute approximate surface area is 137 Å². The van der Waals surface area contributed by atoms with Gasteiger partial charge in [-0.3, -0.25) is 4.79 Å². The van der Waals surface area contributed by atoms with Crippen LogP contribution >= 0.6 is 0 Å². The zero-order valence-corrected chi connectivity index (χ0v) is 13.0. The number of aliphatic hydroxyl groups excluding tert-OH is 1. The van der Waals surface area contributed by atoms with Crippen LogP contribution in [0.5, 0.6) is 0 Å². The second kappa shape index (κ2) is 8.49. The number of ether oxygens (including phenoxy) is 1. The molecule has 0 fully saturated rings. The van der Waals surface area contributed by atoms with Crippen LogP contribution in [0, 0.1) is 0 Å². The van der Waals surface area contributed by atoms with Gasteiger partial charge in [0.05, 0.1) is 12.7 Å². The minimum Gasteiger partial charge on any atom is -0.467 e. The summed E-state index contributed by atoms with van der Waals surface area (Å²) in [5, 5.41) is 12.3. The largest absolute Gasteiger partial charge is 0.467 e. The van der Waals surface area contributed by atoms with Crippen molar-refractivity contribution in [1.29, 1.82) is 0 Å². The molecule has 0 aliphatic heterocycles. The molecule has 0 spiro atoms. The molecule has 0 aliphatic rings. The molecule has 8 heteroatoms. The van der Waals surface area contributed by atoms with Crippen molar-refractivity contribution < 1.29 is 32.6 Å². The highest BCUT2D eigenvalue weighted by Gasteiger charge is 2.31. The van der Waals surface area contributed by atoms with Gasteiger partial charge >= 0.3 is 12.1 Å². The van der Waals surface area contributed by atoms with E-state index >= 15 is 0 Å². The fraction of sp³-hybridized carbons (Fsp3) is 0.375. The maximum absolute atomic E-state index is 12.5. The molecular weight excluding hydrogens is 327 g/mol. The summed E-state index contributed by atoms with van der Waals surface area (Å²) in [5.74, 6) is -1.60. The number of amides is 1. The minimum atomic E-state index is -4.51. The molecule has 0 aromatic heterocycles. The molecule has 0 saturated carbocycles. The Balaban J connectivity index is 2.81. The third kappa shape index (κ3) is 5.38. The molecule has 5 nitrogen and oxygen atoms in total. The normalized spacial score (nSPS) is 13.7. The van der Waals surface area contributed by atoms with Crippen LogP contribution in [0.1, 0.15) is 30.1 Å². The standard InChI is InChI=1S/C16H18F3NO4/c1-3-4-5-12(15(23)24-2)20-14(22)13(21)10-6-8-11(9-7-10)16(17,18)19/h3,6-9,12-13,21H,1,4-5H2,2H3,(H,20,22)/t12-,13-/m0/s1. The molecule has 0 bridgehead atoms. The maximum Gasteiger partial charge on any atom is 0.416 e. The van der Waals surface area contributed by atoms with Crippen LogP contribution in [0.15, 0.2) is 36.9 Å². The van der Waals surface area contributed by atoms with Crippen LogP contribution in [0.2, 0.25) is 0 Å². The van der Waals surface area contributed by atoms with E-state index in [4.69, 9.17) is 0 Å². The van der Waals surface area contributed by atoms with E-state index in [0.29, 0.717) is 6.42 Å². The van der Waals surface area contributed by atoms with Crippen LogP contribution < -0.4 is 5.32 Å². The van der Waals surface area contributed by atoms with Crippen molar-refractivity contribution in [2.75, 3.05) is 7.11 Å². The number of carbonyl (C=O) groups excluding carboxylic acids is 2. The van der Waals surface area contributed by atoms with Crippen molar-refractivity contribution in [1.82, 2.24) is 5.32 Å². The van der Waals surface area contributed by atoms with Crippen molar-refractivity contribution in [3.63, 3.8) is 0 Å². The highest BCUT2D eigenvalue weighted by molar-refractivity contribution is 5.87. The summed E-state index contributed by atoms with van der Waals surface area (Å²) in [6.45, 7) is 3.50. The number of hydrogen-bond donors (Lipinski definition) is 2. The fourth-order valence-corrected chi connectivity index (χ4v) is 1.93. The van der Waals surface area contributed by atoms with Gasteiger partial charge in [-0.05, 0) is 30.5 Å². The van der Waals surface area contributed by atoms with Crippen molar-refractivity contribution in [2.24, 2.45) is 0 Å². The first-order chi connectivity index (χ1) is 11.2. The Bertz CT molecular complexity index is 584. The Hall–Kier alpha value is -2.35. The fourth-order valence-electron chi connectivity index (χ4n) is 1.93. The first-order valence-corrected chi connectivity index (χ1v) is 7.05. The van der Waals surface area contributed by atoms with Crippen LogP contribution in [0.3, 0.4) is 0 Å². The first kappa shape index (κ1) is 19.7. The molecule has 1 rings (SSSR count). The summed E-state index contributed by atoms with van der Waals surface area (Å²) in [6.07, 6.45) is -4.01. The quantitative estimate of drug-likeness (QED) is 0.588. The average Bonchev–Trinajstić information content (AvgIpc) is 2.56. The third-order valence-electron chi connectivity index (χ3n) is 3.26. The van der Waals surface area contributed by atoms with Crippen LogP contribution in [0.4, 0.5) is 13.2 Å². The third-order valence-corrected chi connectivity index (χ3v) is 3.26. The van der Waals surface area contributed by atoms with E-state index in [2.05, 4.69) is 16.6 Å². The molecule has 0 unspecified atom stereocenters. The minimum absolute atomic E-state index is 0.0205. The monoisotopic (exact) mass is 345 g/mol. The van der Waals surface area contributed by atoms with Gasteiger partial charge < -0.3 is 15.2 Å². The number of esters is 1. The van der Waals surface area contributed by atoms with Crippen molar-refractivity contribution in [3.05, 3.63) is 48.0 Å². The molecule has 132 valence electrons. The number of carbonyl (C=O) groups is 2. The van der Waals surface area contributed by atoms with E-state index in [1.165, 1.54) is 0 Å². The highest BCUT2D eigenvalue weighted by Crippen LogP contribution is 2.29. The van der Waals surface area contributed by atoms with Crippen LogP contribution in [-0.2, 0) is 20.5 Å². The van der Waals surface area contributed by atoms with Gasteiger partial charge in [0.25, 0.3) is 5.91 Å². The number of rotatable bonds is 7. The summed E-state index contributed by atoms with van der Waals surface area (Å²) in [6, 6.07) is 2.56. The molecule has 0 saturated heterocycles. The van der Waals surface area contributed by atoms with Gasteiger partial charge in [-0.15, -0.1) is 6.58 Å². The number of aliphatic hydroxyl groups is 1. The summed E-state index contributed by atoms with van der Waals surface area (Å²) in [5.41, 5.74) is -0.912. The van der Waals surface area contributed by atoms with Gasteiger partial charge in [-0.1, -0.05) is 18.2 Å². The number of benzene rings is 1. The van der Waals surface area contributed by atoms with E-state index in [-0.39, 0.29) is 12.0 Å². The Morgan fingerprint density at radius 2 is 1.92 bits per heavy atom. The molecule has 2 N–H and O–H groups in total. The summed E-state index contributed by atoms with van der Waals surface area (Å²) < 4.78 is 42.0. The van der Waals surface area contributed by atoms with Gasteiger partial charge in [0.15, 0.2) is 6.10 Å². The van der Waals surface area contributed by atoms with Gasteiger partial charge in [0, 0.05) is 0 Å². The SMILES string of the molecule is C=CCC[C@H](NC(=O)[C@@H](O)c1ccc(C(F)(F)F)cc1)C(=O)OC. The molecular formula is C16H18F3NO4. The number of hydrogen-bond acceptors (Lipinski definition) is 4. The second-order valence-electron chi connectivity index (χ2n) is 4.97. The zero-order chi connectivity index (χ0) is 18.3. The highest BCUT2D eigenvalue weighted by atomic mass is 19.4. The lowest BCUT2D eigenvalue weighted by Crippen LogP contribution is -2.43. The van der Waals surface area contributed by atoms with Crippen molar-refractivity contribution in [2.45, 2.75) is 31.2 Å². The van der Waals surface area contributed by atoms with Gasteiger partial charge in [0.2, 0.25) is 0 Å². The first-order valence-electron chi connectivity index (χ1n) is 7.05. The smallest absolute Gasteiger partial charge is 0.416 e. The molecule has 24 heavy (non-hydrogen) atoms. The number of alkyl halides is 3. The van der Waals surface area contributed by atoms with Gasteiger partial charge in [-0.25, -0.2) is 4.79 Å². The van der Waals surface area contributed by atoms with Crippen LogP contribution in [0.25, 0.3) is 0 Å². The summed E-state index contributed by atoms with van der Waals surface area (Å²) in [7, 11) is 1.15. The lowest BCUT2D eigenvalue weighted by atomic mass is 10.1. The Kier molecular flexibility index (Phi) is 6.97. The molecule has 0 aliphatic carbocycles. The topological polar surface area (TPSA) is 75.6 Å². The van der Waals surface area contributed by atoms with Gasteiger partial charge in [0.1, 0.15) is 6.04 Å². The predicted molar refractivity (Wildman–Crippen MR) is 79.8 cm³/mol. The molecule has 0 radical (unpaired) electrons. The average molecular weight is 345 g/mol. The molecule has 1 aromatic carbocycles. The zero-order valence-electron chi connectivity index (χ0n) is 13.0.